The van der Waals surface area contributed by atoms with E-state index in [-0.39, 0.29) is 22.7 Å². The van der Waals surface area contributed by atoms with E-state index in [9.17, 15) is 19.6 Å². The first-order chi connectivity index (χ1) is 15.8. The lowest BCUT2D eigenvalue weighted by Gasteiger charge is -2.28. The van der Waals surface area contributed by atoms with Crippen LogP contribution in [0.1, 0.15) is 20.1 Å². The number of H-pyrrole nitrogens is 1. The number of hydrogen-bond acceptors (Lipinski definition) is 9. The van der Waals surface area contributed by atoms with Crippen molar-refractivity contribution in [3.05, 3.63) is 55.7 Å². The Morgan fingerprint density at radius 3 is 3.03 bits per heavy atom. The van der Waals surface area contributed by atoms with Crippen LogP contribution in [0.3, 0.4) is 0 Å². The number of nitrogens with zero attached hydrogens (tertiary/aromatic N) is 1. The molecule has 1 aromatic carbocycles. The van der Waals surface area contributed by atoms with Gasteiger partial charge in [-0.1, -0.05) is 17.5 Å². The van der Waals surface area contributed by atoms with Gasteiger partial charge in [0.25, 0.3) is 11.4 Å². The number of phosphoric ester groups is 1. The molecule has 2 aliphatic heterocycles. The number of phosphoric acid groups is 1. The van der Waals surface area contributed by atoms with E-state index in [1.165, 1.54) is 18.2 Å². The summed E-state index contributed by atoms with van der Waals surface area (Å²) >= 11 is 10.8. The first kappa shape index (κ1) is 20.5. The summed E-state index contributed by atoms with van der Waals surface area (Å²) in [6, 6.07) is 4.19. The summed E-state index contributed by atoms with van der Waals surface area (Å²) in [7, 11) is -4.78. The quantitative estimate of drug-likeness (QED) is 0.324. The Labute approximate surface area is 192 Å². The molecule has 32 heavy (non-hydrogen) atoms. The fraction of sp³-hybridized carbons (Fsp3) is 0.333. The van der Waals surface area contributed by atoms with Crippen molar-refractivity contribution in [2.24, 2.45) is 0 Å². The zero-order valence-electron chi connectivity index (χ0n) is 17.7. The zero-order valence-corrected chi connectivity index (χ0v) is 18.2. The Hall–Kier alpha value is -2.07. The van der Waals surface area contributed by atoms with Crippen molar-refractivity contribution in [1.29, 1.82) is 0 Å². The topological polar surface area (TPSA) is 132 Å². The van der Waals surface area contributed by atoms with Crippen molar-refractivity contribution >= 4 is 31.6 Å². The molecule has 5 atom stereocenters. The molecule has 1 fully saturated rings. The second-order valence-electron chi connectivity index (χ2n) is 6.70. The molecule has 3 heterocycles. The van der Waals surface area contributed by atoms with Crippen molar-refractivity contribution in [3.8, 4) is 18.1 Å². The highest BCUT2D eigenvalue weighted by Crippen LogP contribution is 2.56. The van der Waals surface area contributed by atoms with Crippen molar-refractivity contribution in [1.82, 2.24) is 9.55 Å². The van der Waals surface area contributed by atoms with E-state index in [1.807, 2.05) is 0 Å². The highest BCUT2D eigenvalue weighted by atomic mass is 35.5. The molecule has 3 N–H and O–H groups in total. The molecule has 170 valence electrons. The van der Waals surface area contributed by atoms with Gasteiger partial charge in [-0.2, -0.15) is 0 Å². The molecule has 14 heteroatoms. The number of hydrogen-bond donors (Lipinski definition) is 3. The molecule has 0 saturated carbocycles. The van der Waals surface area contributed by atoms with Gasteiger partial charge >= 0.3 is 7.82 Å². The number of fused-ring (bicyclic) bond motifs is 1. The van der Waals surface area contributed by atoms with Gasteiger partial charge in [0.15, 0.2) is 11.0 Å². The van der Waals surface area contributed by atoms with E-state index in [0.717, 1.165) is 10.8 Å². The number of alkyl halides is 1. The summed E-state index contributed by atoms with van der Waals surface area (Å²) in [4.78, 5) is 14.0. The molecule has 1 saturated heterocycles. The van der Waals surface area contributed by atoms with Crippen LogP contribution in [0.15, 0.2) is 29.2 Å². The highest BCUT2D eigenvalue weighted by Gasteiger charge is 2.57. The third kappa shape index (κ3) is 4.14. The van der Waals surface area contributed by atoms with E-state index in [0.29, 0.717) is 10.6 Å². The molecule has 2 aliphatic rings. The van der Waals surface area contributed by atoms with Gasteiger partial charge in [0.2, 0.25) is 0 Å². The van der Waals surface area contributed by atoms with Crippen LogP contribution in [-0.4, -0.2) is 44.4 Å². The van der Waals surface area contributed by atoms with Crippen molar-refractivity contribution in [2.45, 2.75) is 30.9 Å². The SMILES string of the molecule is [2H]C([2H])(OP1(=O)OCc2cc(Cl)ccc2O1)[C@@]1(F)O[C@@H](n2cc(C#C)c(=O)[nH]c2=S)[C@H](O)[C@@H]1O. The molecule has 1 unspecified atom stereocenters. The van der Waals surface area contributed by atoms with Gasteiger partial charge in [0.1, 0.15) is 30.1 Å². The molecule has 0 spiro atoms. The fourth-order valence-corrected chi connectivity index (χ4v) is 4.52. The number of halogens is 2. The predicted octanol–water partition coefficient (Wildman–Crippen LogP) is 2.19. The van der Waals surface area contributed by atoms with Crippen molar-refractivity contribution in [2.75, 3.05) is 6.56 Å². The highest BCUT2D eigenvalue weighted by molar-refractivity contribution is 7.71. The summed E-state index contributed by atoms with van der Waals surface area (Å²) in [6.45, 7) is -4.06. The second kappa shape index (κ2) is 8.37. The van der Waals surface area contributed by atoms with Gasteiger partial charge in [-0.05, 0) is 30.4 Å². The van der Waals surface area contributed by atoms with E-state index < -0.39 is 44.2 Å². The van der Waals surface area contributed by atoms with Crippen LogP contribution in [0.2, 0.25) is 5.02 Å². The third-order valence-electron chi connectivity index (χ3n) is 4.59. The van der Waals surface area contributed by atoms with E-state index in [1.54, 1.807) is 0 Å². The van der Waals surface area contributed by atoms with Crippen LogP contribution in [0.25, 0.3) is 0 Å². The number of benzene rings is 1. The fourth-order valence-electron chi connectivity index (χ4n) is 2.98. The lowest BCUT2D eigenvalue weighted by Crippen LogP contribution is -2.43. The molecule has 0 bridgehead atoms. The molecule has 0 radical (unpaired) electrons. The average Bonchev–Trinajstić information content (AvgIpc) is 2.99. The number of aliphatic hydroxyl groups excluding tert-OH is 2. The minimum Gasteiger partial charge on any atom is -0.404 e. The zero-order chi connectivity index (χ0) is 25.1. The first-order valence-electron chi connectivity index (χ1n) is 9.78. The van der Waals surface area contributed by atoms with Crippen LogP contribution < -0.4 is 10.1 Å². The average molecular weight is 507 g/mol. The summed E-state index contributed by atoms with van der Waals surface area (Å²) in [6.07, 6.45) is -0.364. The van der Waals surface area contributed by atoms with Gasteiger partial charge in [-0.3, -0.25) is 23.4 Å². The van der Waals surface area contributed by atoms with Crippen LogP contribution in [0.5, 0.6) is 5.75 Å². The van der Waals surface area contributed by atoms with Gasteiger partial charge < -0.3 is 19.5 Å². The molecule has 4 rings (SSSR count). The molecule has 0 aliphatic carbocycles. The maximum atomic E-state index is 15.8. The second-order valence-corrected chi connectivity index (χ2v) is 9.04. The Morgan fingerprint density at radius 2 is 2.31 bits per heavy atom. The number of nitrogens with one attached hydrogen (secondary N) is 1. The third-order valence-corrected chi connectivity index (χ3v) is 6.32. The number of aromatic nitrogens is 2. The van der Waals surface area contributed by atoms with Crippen LogP contribution in [0.4, 0.5) is 4.39 Å². The van der Waals surface area contributed by atoms with E-state index >= 15 is 4.39 Å². The van der Waals surface area contributed by atoms with Crippen LogP contribution in [-0.2, 0) is 25.0 Å². The maximum absolute atomic E-state index is 15.8. The molecule has 0 amide bonds. The van der Waals surface area contributed by atoms with E-state index in [2.05, 4.69) is 10.9 Å². The number of rotatable bonds is 4. The number of aliphatic hydroxyl groups is 2. The molecular weight excluding hydrogens is 490 g/mol. The van der Waals surface area contributed by atoms with E-state index in [4.69, 9.17) is 51.3 Å². The lowest BCUT2D eigenvalue weighted by molar-refractivity contribution is -0.205. The Balaban J connectivity index is 1.64. The number of aromatic amines is 1. The molecule has 2 aromatic rings. The summed E-state index contributed by atoms with van der Waals surface area (Å²) in [5.41, 5.74) is -0.627. The van der Waals surface area contributed by atoms with Gasteiger partial charge in [-0.15, -0.1) is 6.42 Å². The predicted molar refractivity (Wildman–Crippen MR) is 110 cm³/mol. The Morgan fingerprint density at radius 1 is 1.56 bits per heavy atom. The Bertz CT molecular complexity index is 1370. The number of terminal acetylenes is 1. The van der Waals surface area contributed by atoms with Crippen molar-refractivity contribution < 1.29 is 40.2 Å². The first-order valence-corrected chi connectivity index (χ1v) is 11.0. The molecular formula is C18H15ClFN2O8PS. The summed E-state index contributed by atoms with van der Waals surface area (Å²) in [5, 5.41) is 21.1. The minimum absolute atomic E-state index is 0.00477. The standard InChI is InChI=1S/C18H15ClFN2O8PS/c1-2-9-6-22(17(32)21-15(9)25)16-13(23)14(24)18(20,29-16)8-28-31(26)27-7-10-5-11(19)3-4-12(10)30-31/h1,3-6,13-14,16,23-24H,7-8H2,(H,21,25,32)/t13-,14+,16-,18-,31?/m1/s1/i8D2. The Kier molecular flexibility index (Phi) is 5.37. The monoisotopic (exact) mass is 506 g/mol. The van der Waals surface area contributed by atoms with Crippen LogP contribution in [0, 0.1) is 17.1 Å². The lowest BCUT2D eigenvalue weighted by atomic mass is 10.1. The number of ether oxygens (including phenoxy) is 1. The molecule has 1 aromatic heterocycles. The largest absolute Gasteiger partial charge is 0.530 e. The van der Waals surface area contributed by atoms with Gasteiger partial charge in [0, 0.05) is 16.8 Å². The summed E-state index contributed by atoms with van der Waals surface area (Å²) < 4.78 is 65.1. The van der Waals surface area contributed by atoms with Gasteiger partial charge in [-0.25, -0.2) is 8.96 Å². The summed E-state index contributed by atoms with van der Waals surface area (Å²) in [5.74, 6) is -1.75. The van der Waals surface area contributed by atoms with Gasteiger partial charge in [0.05, 0.1) is 9.35 Å². The maximum Gasteiger partial charge on any atom is 0.530 e. The van der Waals surface area contributed by atoms with Crippen LogP contribution >= 0.6 is 31.6 Å². The minimum atomic E-state index is -4.78. The smallest absolute Gasteiger partial charge is 0.404 e. The normalized spacial score (nSPS) is 32.9. The van der Waals surface area contributed by atoms with Crippen molar-refractivity contribution in [3.63, 3.8) is 0 Å². The molecule has 10 nitrogen and oxygen atoms in total.